The fraction of sp³-hybridized carbons (Fsp3) is 0.0909. The number of hydrogen-bond acceptors (Lipinski definition) is 5. The highest BCUT2D eigenvalue weighted by molar-refractivity contribution is 9.10. The molecule has 3 N–H and O–H groups in total. The van der Waals surface area contributed by atoms with Crippen molar-refractivity contribution in [3.63, 3.8) is 0 Å². The number of benzene rings is 1. The summed E-state index contributed by atoms with van der Waals surface area (Å²) in [5.41, 5.74) is 5.80. The Bertz CT molecular complexity index is 621. The van der Waals surface area contributed by atoms with Crippen LogP contribution in [0.3, 0.4) is 0 Å². The van der Waals surface area contributed by atoms with E-state index in [4.69, 9.17) is 5.73 Å². The average molecular weight is 349 g/mol. The van der Waals surface area contributed by atoms with Gasteiger partial charge < -0.3 is 15.8 Å². The van der Waals surface area contributed by atoms with Crippen LogP contribution in [0.4, 0.5) is 30.6 Å². The van der Waals surface area contributed by atoms with E-state index in [1.54, 1.807) is 6.07 Å². The monoisotopic (exact) mass is 348 g/mol. The van der Waals surface area contributed by atoms with Gasteiger partial charge in [-0.05, 0) is 28.1 Å². The molecular formula is C11H8BrF3N4O. The molecule has 1 aromatic carbocycles. The van der Waals surface area contributed by atoms with E-state index in [-0.39, 0.29) is 11.7 Å². The van der Waals surface area contributed by atoms with Crippen LogP contribution < -0.4 is 15.8 Å². The summed E-state index contributed by atoms with van der Waals surface area (Å²) < 4.78 is 40.7. The Balaban J connectivity index is 2.21. The normalized spacial score (nSPS) is 11.2. The van der Waals surface area contributed by atoms with E-state index in [2.05, 4.69) is 36.0 Å². The van der Waals surface area contributed by atoms with Gasteiger partial charge in [0, 0.05) is 18.0 Å². The third kappa shape index (κ3) is 3.98. The summed E-state index contributed by atoms with van der Waals surface area (Å²) in [6.45, 7) is 0. The number of nitrogens with zero attached hydrogens (tertiary/aromatic N) is 2. The van der Waals surface area contributed by atoms with Crippen molar-refractivity contribution < 1.29 is 17.9 Å². The van der Waals surface area contributed by atoms with Crippen LogP contribution in [-0.2, 0) is 0 Å². The summed E-state index contributed by atoms with van der Waals surface area (Å²) in [6.07, 6.45) is -3.31. The van der Waals surface area contributed by atoms with Crippen LogP contribution in [0.15, 0.2) is 34.9 Å². The number of nitrogens with two attached hydrogens (primary N) is 1. The molecule has 0 unspecified atom stereocenters. The van der Waals surface area contributed by atoms with Gasteiger partial charge in [-0.25, -0.2) is 4.98 Å². The van der Waals surface area contributed by atoms with Crippen LogP contribution in [-0.4, -0.2) is 16.3 Å². The van der Waals surface area contributed by atoms with Crippen molar-refractivity contribution in [1.29, 1.82) is 0 Å². The summed E-state index contributed by atoms with van der Waals surface area (Å²) in [4.78, 5) is 7.67. The second-order valence-corrected chi connectivity index (χ2v) is 4.48. The van der Waals surface area contributed by atoms with E-state index in [1.807, 2.05) is 0 Å². The molecule has 0 radical (unpaired) electrons. The lowest BCUT2D eigenvalue weighted by Gasteiger charge is -2.11. The maximum atomic E-state index is 12.1. The first kappa shape index (κ1) is 14.4. The Morgan fingerprint density at radius 2 is 2.05 bits per heavy atom. The lowest BCUT2D eigenvalue weighted by Crippen LogP contribution is -2.17. The minimum atomic E-state index is -4.74. The highest BCUT2D eigenvalue weighted by atomic mass is 79.9. The van der Waals surface area contributed by atoms with Crippen molar-refractivity contribution in [3.8, 4) is 5.75 Å². The van der Waals surface area contributed by atoms with Crippen molar-refractivity contribution in [2.75, 3.05) is 11.1 Å². The van der Waals surface area contributed by atoms with Crippen LogP contribution in [0.1, 0.15) is 0 Å². The second kappa shape index (κ2) is 5.53. The van der Waals surface area contributed by atoms with Gasteiger partial charge in [-0.15, -0.1) is 13.2 Å². The van der Waals surface area contributed by atoms with Gasteiger partial charge in [0.25, 0.3) is 0 Å². The molecule has 2 rings (SSSR count). The van der Waals surface area contributed by atoms with Crippen LogP contribution in [0.2, 0.25) is 0 Å². The van der Waals surface area contributed by atoms with Crippen LogP contribution in [0.5, 0.6) is 5.75 Å². The first-order chi connectivity index (χ1) is 9.33. The molecule has 0 atom stereocenters. The van der Waals surface area contributed by atoms with E-state index >= 15 is 0 Å². The van der Waals surface area contributed by atoms with Gasteiger partial charge in [0.2, 0.25) is 5.95 Å². The number of anilines is 3. The Kier molecular flexibility index (Phi) is 3.98. The molecule has 0 saturated carbocycles. The molecule has 20 heavy (non-hydrogen) atoms. The lowest BCUT2D eigenvalue weighted by molar-refractivity contribution is -0.274. The maximum absolute atomic E-state index is 12.1. The zero-order chi connectivity index (χ0) is 14.8. The molecule has 0 spiro atoms. The number of aromatic nitrogens is 2. The molecule has 106 valence electrons. The van der Waals surface area contributed by atoms with E-state index < -0.39 is 6.36 Å². The predicted octanol–water partition coefficient (Wildman–Crippen LogP) is 3.46. The molecule has 1 heterocycles. The van der Waals surface area contributed by atoms with Crippen LogP contribution >= 0.6 is 15.9 Å². The fourth-order valence-corrected chi connectivity index (χ4v) is 1.67. The molecule has 9 heteroatoms. The number of nitrogens with one attached hydrogen (secondary N) is 1. The SMILES string of the molecule is Nc1ncc(Br)c(Nc2cccc(OC(F)(F)F)c2)n1. The smallest absolute Gasteiger partial charge is 0.406 e. The molecule has 5 nitrogen and oxygen atoms in total. The minimum Gasteiger partial charge on any atom is -0.406 e. The Labute approximate surface area is 120 Å². The van der Waals surface area contributed by atoms with Crippen molar-refractivity contribution in [1.82, 2.24) is 9.97 Å². The second-order valence-electron chi connectivity index (χ2n) is 3.63. The Morgan fingerprint density at radius 3 is 2.75 bits per heavy atom. The van der Waals surface area contributed by atoms with Gasteiger partial charge in [0.05, 0.1) is 4.47 Å². The number of rotatable bonds is 3. The first-order valence-electron chi connectivity index (χ1n) is 5.24. The van der Waals surface area contributed by atoms with Gasteiger partial charge in [-0.2, -0.15) is 4.98 Å². The zero-order valence-electron chi connectivity index (χ0n) is 9.78. The average Bonchev–Trinajstić information content (AvgIpc) is 2.32. The summed E-state index contributed by atoms with van der Waals surface area (Å²) in [6, 6.07) is 5.37. The summed E-state index contributed by atoms with van der Waals surface area (Å²) >= 11 is 3.20. The third-order valence-corrected chi connectivity index (χ3v) is 2.67. The highest BCUT2D eigenvalue weighted by Gasteiger charge is 2.31. The van der Waals surface area contributed by atoms with Gasteiger partial charge >= 0.3 is 6.36 Å². The van der Waals surface area contributed by atoms with Gasteiger partial charge in [-0.3, -0.25) is 0 Å². The molecular weight excluding hydrogens is 341 g/mol. The van der Waals surface area contributed by atoms with Gasteiger partial charge in [0.15, 0.2) is 0 Å². The van der Waals surface area contributed by atoms with Gasteiger partial charge in [0.1, 0.15) is 11.6 Å². The standard InChI is InChI=1S/C11H8BrF3N4O/c12-8-5-17-10(16)19-9(8)18-6-2-1-3-7(4-6)20-11(13,14)15/h1-5H,(H3,16,17,18,19). The quantitative estimate of drug-likeness (QED) is 0.888. The van der Waals surface area contributed by atoms with Crippen molar-refractivity contribution >= 4 is 33.4 Å². The number of nitrogen functional groups attached to an aromatic ring is 1. The molecule has 0 fully saturated rings. The summed E-state index contributed by atoms with van der Waals surface area (Å²) in [5.74, 6) is 0.0423. The lowest BCUT2D eigenvalue weighted by atomic mass is 10.3. The molecule has 0 saturated heterocycles. The molecule has 1 aromatic heterocycles. The fourth-order valence-electron chi connectivity index (χ4n) is 1.38. The molecule has 0 amide bonds. The maximum Gasteiger partial charge on any atom is 0.573 e. The molecule has 0 bridgehead atoms. The van der Waals surface area contributed by atoms with Gasteiger partial charge in [-0.1, -0.05) is 6.07 Å². The molecule has 2 aromatic rings. The first-order valence-corrected chi connectivity index (χ1v) is 6.03. The van der Waals surface area contributed by atoms with Crippen molar-refractivity contribution in [2.45, 2.75) is 6.36 Å². The van der Waals surface area contributed by atoms with E-state index in [0.29, 0.717) is 16.0 Å². The van der Waals surface area contributed by atoms with Crippen LogP contribution in [0, 0.1) is 0 Å². The van der Waals surface area contributed by atoms with Crippen molar-refractivity contribution in [3.05, 3.63) is 34.9 Å². The highest BCUT2D eigenvalue weighted by Crippen LogP contribution is 2.28. The number of halogens is 4. The van der Waals surface area contributed by atoms with E-state index in [9.17, 15) is 13.2 Å². The number of ether oxygens (including phenoxy) is 1. The third-order valence-electron chi connectivity index (χ3n) is 2.09. The molecule has 0 aliphatic carbocycles. The molecule has 0 aliphatic rings. The summed E-state index contributed by atoms with van der Waals surface area (Å²) in [7, 11) is 0. The minimum absolute atomic E-state index is 0.0402. The predicted molar refractivity (Wildman–Crippen MR) is 70.6 cm³/mol. The molecule has 0 aliphatic heterocycles. The zero-order valence-corrected chi connectivity index (χ0v) is 11.4. The Hall–Kier alpha value is -2.03. The number of hydrogen-bond donors (Lipinski definition) is 2. The Morgan fingerprint density at radius 1 is 1.30 bits per heavy atom. The largest absolute Gasteiger partial charge is 0.573 e. The van der Waals surface area contributed by atoms with E-state index in [0.717, 1.165) is 0 Å². The summed E-state index contributed by atoms with van der Waals surface area (Å²) in [5, 5.41) is 2.81. The van der Waals surface area contributed by atoms with Crippen molar-refractivity contribution in [2.24, 2.45) is 0 Å². The van der Waals surface area contributed by atoms with E-state index in [1.165, 1.54) is 24.4 Å². The van der Waals surface area contributed by atoms with Crippen LogP contribution in [0.25, 0.3) is 0 Å². The number of alkyl halides is 3. The topological polar surface area (TPSA) is 73.1 Å².